The van der Waals surface area contributed by atoms with Gasteiger partial charge in [0.25, 0.3) is 0 Å². The summed E-state index contributed by atoms with van der Waals surface area (Å²) in [6.07, 6.45) is 0. The fourth-order valence-electron chi connectivity index (χ4n) is 2.48. The van der Waals surface area contributed by atoms with E-state index in [1.807, 2.05) is 45.3 Å². The summed E-state index contributed by atoms with van der Waals surface area (Å²) in [7, 11) is 4.03. The van der Waals surface area contributed by atoms with Crippen molar-refractivity contribution in [3.05, 3.63) is 46.7 Å². The van der Waals surface area contributed by atoms with E-state index in [0.29, 0.717) is 6.54 Å². The molecule has 2 N–H and O–H groups in total. The Bertz CT molecular complexity index is 715. The fraction of sp³-hybridized carbons (Fsp3) is 0.368. The van der Waals surface area contributed by atoms with Crippen molar-refractivity contribution < 1.29 is 9.59 Å². The van der Waals surface area contributed by atoms with Crippen molar-refractivity contribution in [2.75, 3.05) is 26.0 Å². The number of nitrogens with zero attached hydrogens (tertiary/aromatic N) is 1. The maximum Gasteiger partial charge on any atom is 0.233 e. The van der Waals surface area contributed by atoms with Crippen LogP contribution in [0.25, 0.3) is 0 Å². The molecule has 0 fully saturated rings. The number of thiophene rings is 1. The molecule has 26 heavy (non-hydrogen) atoms. The van der Waals surface area contributed by atoms with Gasteiger partial charge in [-0.15, -0.1) is 11.8 Å². The third-order valence-electron chi connectivity index (χ3n) is 3.88. The summed E-state index contributed by atoms with van der Waals surface area (Å²) in [6, 6.07) is 9.76. The van der Waals surface area contributed by atoms with Crippen LogP contribution in [-0.2, 0) is 9.59 Å². The highest BCUT2D eigenvalue weighted by molar-refractivity contribution is 8.00. The van der Waals surface area contributed by atoms with Crippen LogP contribution in [0.1, 0.15) is 25.5 Å². The van der Waals surface area contributed by atoms with Gasteiger partial charge in [0.05, 0.1) is 11.3 Å². The number of nitrogens with one attached hydrogen (secondary N) is 2. The van der Waals surface area contributed by atoms with Gasteiger partial charge in [0, 0.05) is 24.1 Å². The first-order valence-electron chi connectivity index (χ1n) is 8.37. The molecule has 2 atom stereocenters. The SMILES string of the molecule is CC(=O)Nc1ccc(S[C@@H](C)C(=O)NC[C@H](c2ccsc2)N(C)C)cc1. The zero-order valence-corrected chi connectivity index (χ0v) is 17.1. The number of hydrogen-bond donors (Lipinski definition) is 2. The molecule has 5 nitrogen and oxygen atoms in total. The van der Waals surface area contributed by atoms with Gasteiger partial charge in [0.2, 0.25) is 11.8 Å². The minimum absolute atomic E-state index is 0.0167. The molecule has 2 rings (SSSR count). The molecule has 1 aromatic heterocycles. The first kappa shape index (κ1) is 20.5. The number of hydrogen-bond acceptors (Lipinski definition) is 5. The predicted molar refractivity (Wildman–Crippen MR) is 110 cm³/mol. The number of amides is 2. The molecule has 0 saturated heterocycles. The summed E-state index contributed by atoms with van der Waals surface area (Å²) in [5, 5.41) is 9.76. The lowest BCUT2D eigenvalue weighted by molar-refractivity contribution is -0.120. The van der Waals surface area contributed by atoms with Crippen molar-refractivity contribution in [3.8, 4) is 0 Å². The highest BCUT2D eigenvalue weighted by Crippen LogP contribution is 2.25. The van der Waals surface area contributed by atoms with Crippen LogP contribution in [0.5, 0.6) is 0 Å². The van der Waals surface area contributed by atoms with Gasteiger partial charge in [0.1, 0.15) is 0 Å². The molecular weight excluding hydrogens is 366 g/mol. The van der Waals surface area contributed by atoms with E-state index < -0.39 is 0 Å². The van der Waals surface area contributed by atoms with E-state index >= 15 is 0 Å². The number of thioether (sulfide) groups is 1. The zero-order chi connectivity index (χ0) is 19.1. The van der Waals surface area contributed by atoms with Crippen molar-refractivity contribution in [1.82, 2.24) is 10.2 Å². The minimum atomic E-state index is -0.202. The monoisotopic (exact) mass is 391 g/mol. The highest BCUT2D eigenvalue weighted by atomic mass is 32.2. The van der Waals surface area contributed by atoms with Crippen LogP contribution in [0.15, 0.2) is 46.0 Å². The molecule has 7 heteroatoms. The van der Waals surface area contributed by atoms with E-state index in [1.54, 1.807) is 11.3 Å². The second-order valence-corrected chi connectivity index (χ2v) is 8.44. The Morgan fingerprint density at radius 2 is 1.88 bits per heavy atom. The van der Waals surface area contributed by atoms with Gasteiger partial charge in [-0.3, -0.25) is 9.59 Å². The fourth-order valence-corrected chi connectivity index (χ4v) is 4.08. The normalized spacial score (nSPS) is 13.3. The molecular formula is C19H25N3O2S2. The number of carbonyl (C=O) groups is 2. The van der Waals surface area contributed by atoms with Crippen LogP contribution in [0.2, 0.25) is 0 Å². The van der Waals surface area contributed by atoms with Crippen LogP contribution in [0.4, 0.5) is 5.69 Å². The Hall–Kier alpha value is -1.83. The van der Waals surface area contributed by atoms with Crippen molar-refractivity contribution in [2.24, 2.45) is 0 Å². The lowest BCUT2D eigenvalue weighted by Gasteiger charge is -2.24. The average Bonchev–Trinajstić information content (AvgIpc) is 3.10. The van der Waals surface area contributed by atoms with Gasteiger partial charge in [-0.2, -0.15) is 11.3 Å². The predicted octanol–water partition coefficient (Wildman–Crippen LogP) is 3.61. The molecule has 0 saturated carbocycles. The van der Waals surface area contributed by atoms with Gasteiger partial charge in [-0.25, -0.2) is 0 Å². The highest BCUT2D eigenvalue weighted by Gasteiger charge is 2.19. The van der Waals surface area contributed by atoms with Crippen molar-refractivity contribution in [2.45, 2.75) is 30.0 Å². The summed E-state index contributed by atoms with van der Waals surface area (Å²) in [5.41, 5.74) is 1.97. The second kappa shape index (κ2) is 9.75. The Kier molecular flexibility index (Phi) is 7.68. The lowest BCUT2D eigenvalue weighted by atomic mass is 10.1. The van der Waals surface area contributed by atoms with Crippen molar-refractivity contribution >= 4 is 40.6 Å². The van der Waals surface area contributed by atoms with Gasteiger partial charge in [-0.05, 0) is 67.7 Å². The molecule has 2 aromatic rings. The lowest BCUT2D eigenvalue weighted by Crippen LogP contribution is -2.37. The van der Waals surface area contributed by atoms with E-state index in [4.69, 9.17) is 0 Å². The van der Waals surface area contributed by atoms with Crippen LogP contribution >= 0.6 is 23.1 Å². The van der Waals surface area contributed by atoms with Crippen LogP contribution in [0.3, 0.4) is 0 Å². The molecule has 1 heterocycles. The molecule has 0 unspecified atom stereocenters. The molecule has 0 spiro atoms. The van der Waals surface area contributed by atoms with Gasteiger partial charge in [0.15, 0.2) is 0 Å². The molecule has 1 aromatic carbocycles. The maximum atomic E-state index is 12.5. The largest absolute Gasteiger partial charge is 0.353 e. The molecule has 2 amide bonds. The van der Waals surface area contributed by atoms with Crippen molar-refractivity contribution in [3.63, 3.8) is 0 Å². The summed E-state index contributed by atoms with van der Waals surface area (Å²) < 4.78 is 0. The summed E-state index contributed by atoms with van der Waals surface area (Å²) >= 11 is 3.16. The number of rotatable bonds is 8. The Morgan fingerprint density at radius 3 is 2.42 bits per heavy atom. The number of benzene rings is 1. The van der Waals surface area contributed by atoms with Crippen molar-refractivity contribution in [1.29, 1.82) is 0 Å². The second-order valence-electron chi connectivity index (χ2n) is 6.25. The van der Waals surface area contributed by atoms with E-state index in [-0.39, 0.29) is 23.1 Å². The number of carbonyl (C=O) groups excluding carboxylic acids is 2. The van der Waals surface area contributed by atoms with Crippen LogP contribution in [-0.4, -0.2) is 42.6 Å². The summed E-state index contributed by atoms with van der Waals surface area (Å²) in [5.74, 6) is -0.0813. The third kappa shape index (κ3) is 6.16. The van der Waals surface area contributed by atoms with Gasteiger partial charge in [-0.1, -0.05) is 0 Å². The molecule has 0 aliphatic carbocycles. The third-order valence-corrected chi connectivity index (χ3v) is 5.69. The van der Waals surface area contributed by atoms with E-state index in [0.717, 1.165) is 10.6 Å². The Morgan fingerprint density at radius 1 is 1.19 bits per heavy atom. The first-order chi connectivity index (χ1) is 12.4. The smallest absolute Gasteiger partial charge is 0.233 e. The minimum Gasteiger partial charge on any atom is -0.353 e. The van der Waals surface area contributed by atoms with Gasteiger partial charge >= 0.3 is 0 Å². The quantitative estimate of drug-likeness (QED) is 0.675. The van der Waals surface area contributed by atoms with E-state index in [9.17, 15) is 9.59 Å². The Balaban J connectivity index is 1.87. The zero-order valence-electron chi connectivity index (χ0n) is 15.5. The standard InChI is InChI=1S/C19H25N3O2S2/c1-13(26-17-7-5-16(6-8-17)21-14(2)23)19(24)20-11-18(22(3)4)15-9-10-25-12-15/h5-10,12-13,18H,11H2,1-4H3,(H,20,24)(H,21,23)/t13-,18+/m0/s1. The number of anilines is 1. The molecule has 0 aliphatic heterocycles. The van der Waals surface area contributed by atoms with Crippen LogP contribution in [0, 0.1) is 0 Å². The van der Waals surface area contributed by atoms with Crippen LogP contribution < -0.4 is 10.6 Å². The number of likely N-dealkylation sites (N-methyl/N-ethyl adjacent to an activating group) is 1. The average molecular weight is 392 g/mol. The topological polar surface area (TPSA) is 61.4 Å². The van der Waals surface area contributed by atoms with Gasteiger partial charge < -0.3 is 15.5 Å². The molecule has 0 radical (unpaired) electrons. The Labute approximate surface area is 163 Å². The van der Waals surface area contributed by atoms with E-state index in [2.05, 4.69) is 32.4 Å². The van der Waals surface area contributed by atoms with E-state index in [1.165, 1.54) is 24.2 Å². The first-order valence-corrected chi connectivity index (χ1v) is 10.2. The molecule has 0 bridgehead atoms. The molecule has 0 aliphatic rings. The summed E-state index contributed by atoms with van der Waals surface area (Å²) in [6.45, 7) is 3.96. The summed E-state index contributed by atoms with van der Waals surface area (Å²) in [4.78, 5) is 26.6. The maximum absolute atomic E-state index is 12.5. The molecule has 140 valence electrons.